The fourth-order valence-corrected chi connectivity index (χ4v) is 4.96. The van der Waals surface area contributed by atoms with Crippen molar-refractivity contribution in [1.82, 2.24) is 4.90 Å². The Morgan fingerprint density at radius 3 is 2.45 bits per heavy atom. The Hall–Kier alpha value is -1.96. The lowest BCUT2D eigenvalue weighted by molar-refractivity contribution is -0.123. The van der Waals surface area contributed by atoms with Gasteiger partial charge in [0.05, 0.1) is 26.0 Å². The van der Waals surface area contributed by atoms with E-state index in [1.54, 1.807) is 30.3 Å². The third-order valence-corrected chi connectivity index (χ3v) is 7.43. The van der Waals surface area contributed by atoms with E-state index in [0.29, 0.717) is 32.3 Å². The van der Waals surface area contributed by atoms with Gasteiger partial charge < -0.3 is 4.74 Å². The molecule has 0 bridgehead atoms. The zero-order chi connectivity index (χ0) is 23.5. The minimum Gasteiger partial charge on any atom is -0.488 e. The summed E-state index contributed by atoms with van der Waals surface area (Å²) in [7, 11) is 0. The number of ether oxygens (including phenoxy) is 1. The molecule has 1 heterocycles. The molecule has 1 fully saturated rings. The number of hydrogen-bond donors (Lipinski definition) is 0. The number of halogens is 4. The van der Waals surface area contributed by atoms with Gasteiger partial charge in [-0.3, -0.25) is 14.5 Å². The number of nitrogens with zero attached hydrogens (tertiary/aromatic N) is 1. The average Bonchev–Trinajstić information content (AvgIpc) is 3.04. The summed E-state index contributed by atoms with van der Waals surface area (Å²) < 4.78 is 6.58. The summed E-state index contributed by atoms with van der Waals surface area (Å²) >= 11 is 22.6. The van der Waals surface area contributed by atoms with Gasteiger partial charge in [0.1, 0.15) is 12.4 Å². The molecule has 9 heteroatoms. The lowest BCUT2D eigenvalue weighted by atomic mass is 10.2. The van der Waals surface area contributed by atoms with Crippen LogP contribution in [0.1, 0.15) is 16.7 Å². The number of benzene rings is 3. The summed E-state index contributed by atoms with van der Waals surface area (Å²) in [6.45, 7) is 0.447. The maximum Gasteiger partial charge on any atom is 0.293 e. The Morgan fingerprint density at radius 1 is 0.939 bits per heavy atom. The van der Waals surface area contributed by atoms with Crippen molar-refractivity contribution in [3.05, 3.63) is 102 Å². The Bertz CT molecular complexity index is 1280. The molecule has 4 rings (SSSR count). The molecule has 0 radical (unpaired) electrons. The maximum absolute atomic E-state index is 12.8. The molecule has 33 heavy (non-hydrogen) atoms. The van der Waals surface area contributed by atoms with Crippen LogP contribution in [0.5, 0.6) is 5.75 Å². The van der Waals surface area contributed by atoms with Crippen molar-refractivity contribution in [2.75, 3.05) is 0 Å². The van der Waals surface area contributed by atoms with E-state index in [9.17, 15) is 9.59 Å². The molecule has 1 saturated heterocycles. The highest BCUT2D eigenvalue weighted by Gasteiger charge is 2.35. The van der Waals surface area contributed by atoms with E-state index < -0.39 is 0 Å². The van der Waals surface area contributed by atoms with E-state index in [0.717, 1.165) is 32.9 Å². The van der Waals surface area contributed by atoms with Crippen LogP contribution in [-0.4, -0.2) is 16.0 Å². The third kappa shape index (κ3) is 5.76. The predicted molar refractivity (Wildman–Crippen MR) is 138 cm³/mol. The van der Waals surface area contributed by atoms with Crippen LogP contribution < -0.4 is 4.74 Å². The number of amides is 2. The Morgan fingerprint density at radius 2 is 1.73 bits per heavy atom. The minimum atomic E-state index is -0.355. The van der Waals surface area contributed by atoms with Gasteiger partial charge in [0.2, 0.25) is 0 Å². The molecule has 0 saturated carbocycles. The van der Waals surface area contributed by atoms with Crippen molar-refractivity contribution in [2.45, 2.75) is 13.2 Å². The van der Waals surface area contributed by atoms with Gasteiger partial charge >= 0.3 is 0 Å². The van der Waals surface area contributed by atoms with Crippen LogP contribution in [0.3, 0.4) is 0 Å². The van der Waals surface area contributed by atoms with Crippen molar-refractivity contribution in [2.24, 2.45) is 0 Å². The lowest BCUT2D eigenvalue weighted by Crippen LogP contribution is -2.27. The fraction of sp³-hybridized carbons (Fsp3) is 0.0833. The number of thioether (sulfide) groups is 1. The Balaban J connectivity index is 1.46. The minimum absolute atomic E-state index is 0.122. The molecule has 0 unspecified atom stereocenters. The van der Waals surface area contributed by atoms with E-state index >= 15 is 0 Å². The van der Waals surface area contributed by atoms with Crippen molar-refractivity contribution in [1.29, 1.82) is 0 Å². The quantitative estimate of drug-likeness (QED) is 0.274. The molecule has 4 nitrogen and oxygen atoms in total. The van der Waals surface area contributed by atoms with Gasteiger partial charge in [-0.05, 0) is 75.2 Å². The molecule has 0 aliphatic carbocycles. The number of carbonyl (C=O) groups is 2. The van der Waals surface area contributed by atoms with Crippen LogP contribution in [0.25, 0.3) is 6.08 Å². The van der Waals surface area contributed by atoms with Crippen molar-refractivity contribution in [3.8, 4) is 5.75 Å². The van der Waals surface area contributed by atoms with Crippen LogP contribution in [0.4, 0.5) is 4.79 Å². The molecule has 2 amide bonds. The molecule has 168 valence electrons. The molecule has 3 aromatic carbocycles. The first-order chi connectivity index (χ1) is 15.8. The molecule has 1 aliphatic heterocycles. The fourth-order valence-electron chi connectivity index (χ4n) is 3.10. The monoisotopic (exact) mass is 581 g/mol. The zero-order valence-corrected chi connectivity index (χ0v) is 21.5. The summed E-state index contributed by atoms with van der Waals surface area (Å²) in [6.07, 6.45) is 1.68. The van der Waals surface area contributed by atoms with Gasteiger partial charge in [-0.2, -0.15) is 0 Å². The Kier molecular flexibility index (Phi) is 7.72. The second-order valence-corrected chi connectivity index (χ2v) is 10.2. The van der Waals surface area contributed by atoms with Crippen LogP contribution in [0, 0.1) is 0 Å². The second kappa shape index (κ2) is 10.5. The number of imide groups is 1. The first kappa shape index (κ1) is 24.2. The molecule has 0 atom stereocenters. The molecule has 0 spiro atoms. The molecular weight excluding hydrogens is 569 g/mol. The van der Waals surface area contributed by atoms with Gasteiger partial charge in [0.15, 0.2) is 0 Å². The standard InChI is InChI=1S/C24H15BrCl3NO3S/c25-17-9-14(6-8-21(17)32-13-16-3-1-2-4-18(16)26)11-22-23(30)29(24(31)33-22)12-15-5-7-19(27)20(28)10-15/h1-11H,12-13H2/b22-11+. The summed E-state index contributed by atoms with van der Waals surface area (Å²) in [5.41, 5.74) is 2.36. The summed E-state index contributed by atoms with van der Waals surface area (Å²) in [6, 6.07) is 17.9. The number of carbonyl (C=O) groups excluding carboxylic acids is 2. The highest BCUT2D eigenvalue weighted by atomic mass is 79.9. The van der Waals surface area contributed by atoms with Crippen LogP contribution >= 0.6 is 62.5 Å². The van der Waals surface area contributed by atoms with E-state index in [-0.39, 0.29) is 17.7 Å². The number of rotatable bonds is 6. The van der Waals surface area contributed by atoms with Crippen LogP contribution in [-0.2, 0) is 17.9 Å². The first-order valence-electron chi connectivity index (χ1n) is 9.67. The average molecular weight is 584 g/mol. The largest absolute Gasteiger partial charge is 0.488 e. The molecule has 1 aliphatic rings. The van der Waals surface area contributed by atoms with Gasteiger partial charge in [-0.1, -0.05) is 65.1 Å². The normalized spacial score (nSPS) is 14.9. The van der Waals surface area contributed by atoms with Crippen LogP contribution in [0.15, 0.2) is 70.0 Å². The number of hydrogen-bond acceptors (Lipinski definition) is 4. The summed E-state index contributed by atoms with van der Waals surface area (Å²) in [4.78, 5) is 26.8. The summed E-state index contributed by atoms with van der Waals surface area (Å²) in [5.74, 6) is 0.283. The van der Waals surface area contributed by atoms with Gasteiger partial charge in [-0.15, -0.1) is 0 Å². The highest BCUT2D eigenvalue weighted by Crippen LogP contribution is 2.35. The SMILES string of the molecule is O=C1S/C(=C/c2ccc(OCc3ccccc3Cl)c(Br)c2)C(=O)N1Cc1ccc(Cl)c(Cl)c1. The molecular formula is C24H15BrCl3NO3S. The van der Waals surface area contributed by atoms with Crippen molar-refractivity contribution < 1.29 is 14.3 Å². The van der Waals surface area contributed by atoms with E-state index in [2.05, 4.69) is 15.9 Å². The van der Waals surface area contributed by atoms with Gasteiger partial charge in [0, 0.05) is 10.6 Å². The van der Waals surface area contributed by atoms with Crippen LogP contribution in [0.2, 0.25) is 15.1 Å². The van der Waals surface area contributed by atoms with E-state index in [4.69, 9.17) is 39.5 Å². The molecule has 0 N–H and O–H groups in total. The highest BCUT2D eigenvalue weighted by molar-refractivity contribution is 9.10. The van der Waals surface area contributed by atoms with Crippen molar-refractivity contribution >= 4 is 79.7 Å². The van der Waals surface area contributed by atoms with Gasteiger partial charge in [0.25, 0.3) is 11.1 Å². The first-order valence-corrected chi connectivity index (χ1v) is 12.4. The Labute approximate surface area is 218 Å². The smallest absolute Gasteiger partial charge is 0.293 e. The third-order valence-electron chi connectivity index (χ3n) is 4.79. The second-order valence-electron chi connectivity index (χ2n) is 7.09. The van der Waals surface area contributed by atoms with Gasteiger partial charge in [-0.25, -0.2) is 0 Å². The van der Waals surface area contributed by atoms with E-state index in [1.165, 1.54) is 4.90 Å². The predicted octanol–water partition coefficient (Wildman–Crippen LogP) is 8.22. The summed E-state index contributed by atoms with van der Waals surface area (Å²) in [5, 5.41) is 1.09. The van der Waals surface area contributed by atoms with E-state index in [1.807, 2.05) is 36.4 Å². The maximum atomic E-state index is 12.8. The zero-order valence-electron chi connectivity index (χ0n) is 16.9. The lowest BCUT2D eigenvalue weighted by Gasteiger charge is -2.13. The topological polar surface area (TPSA) is 46.6 Å². The molecule has 0 aromatic heterocycles. The molecule has 3 aromatic rings. The van der Waals surface area contributed by atoms with Crippen molar-refractivity contribution in [3.63, 3.8) is 0 Å².